The quantitative estimate of drug-likeness (QED) is 0.0512. The van der Waals surface area contributed by atoms with Gasteiger partial charge in [-0.2, -0.15) is 116 Å². The van der Waals surface area contributed by atoms with Crippen LogP contribution in [0.5, 0.6) is 0 Å². The van der Waals surface area contributed by atoms with Crippen molar-refractivity contribution in [2.75, 3.05) is 7.05 Å². The summed E-state index contributed by atoms with van der Waals surface area (Å²) in [7, 11) is 1.70. The molecule has 0 fully saturated rings. The predicted octanol–water partition coefficient (Wildman–Crippen LogP) is -11.3. The zero-order valence-electron chi connectivity index (χ0n) is 12.6. The lowest BCUT2D eigenvalue weighted by atomic mass is 11.5. The van der Waals surface area contributed by atoms with Crippen molar-refractivity contribution in [3.8, 4) is 0 Å². The van der Waals surface area contributed by atoms with Crippen molar-refractivity contribution in [2.24, 2.45) is 5.84 Å². The van der Waals surface area contributed by atoms with Gasteiger partial charge < -0.3 is 0 Å². The smallest absolute Gasteiger partial charge is 0.000111 e. The number of nitrogens with two attached hydrogens (primary N) is 1. The van der Waals surface area contributed by atoms with Crippen molar-refractivity contribution < 1.29 is 0 Å². The number of hydrogen-bond donors (Lipinski definition) is 23. The number of rotatable bonds is 21. The van der Waals surface area contributed by atoms with E-state index in [2.05, 4.69) is 122 Å². The first-order valence-electron chi connectivity index (χ1n) is 6.04. The van der Waals surface area contributed by atoms with E-state index in [0.29, 0.717) is 0 Å². The Morgan fingerprint density at radius 1 is 0.333 bits per heavy atom. The minimum Gasteiger partial charge on any atom is -0.257 e. The summed E-state index contributed by atoms with van der Waals surface area (Å²) in [6.45, 7) is 0. The summed E-state index contributed by atoms with van der Waals surface area (Å²) < 4.78 is 0. The van der Waals surface area contributed by atoms with Crippen molar-refractivity contribution in [1.29, 1.82) is 0 Å². The van der Waals surface area contributed by atoms with Gasteiger partial charge in [0.25, 0.3) is 0 Å². The molecule has 0 saturated carbocycles. The summed E-state index contributed by atoms with van der Waals surface area (Å²) in [5, 5.41) is 0. The molecule has 0 aromatic rings. The fourth-order valence-electron chi connectivity index (χ4n) is 0.661. The largest absolute Gasteiger partial charge is 0.257 e. The Labute approximate surface area is 136 Å². The fraction of sp³-hybridized carbons (Fsp3) is 1.00. The van der Waals surface area contributed by atoms with E-state index in [9.17, 15) is 0 Å². The third kappa shape index (κ3) is 21.1. The van der Waals surface area contributed by atoms with Crippen LogP contribution in [0.2, 0.25) is 0 Å². The molecule has 23 heteroatoms. The monoisotopic (exact) mass is 361 g/mol. The zero-order valence-corrected chi connectivity index (χ0v) is 12.6. The van der Waals surface area contributed by atoms with Gasteiger partial charge in [0.2, 0.25) is 0 Å². The molecular formula is CH27N23. The van der Waals surface area contributed by atoms with Gasteiger partial charge in [-0.25, -0.2) is 5.43 Å². The van der Waals surface area contributed by atoms with Crippen molar-refractivity contribution in [2.45, 2.75) is 0 Å². The molecule has 24 heavy (non-hydrogen) atoms. The van der Waals surface area contributed by atoms with Crippen LogP contribution in [-0.2, 0) is 0 Å². The van der Waals surface area contributed by atoms with Gasteiger partial charge in [0, 0.05) is 0 Å². The standard InChI is InChI=1S/CH27N23/c1-3-5-7-9-11-13-15-17-19-21-23-24-22-20-18-16-14-12-10-8-6-4-2/h3-24H,2H2,1H3. The summed E-state index contributed by atoms with van der Waals surface area (Å²) >= 11 is 0. The maximum absolute atomic E-state index is 4.91. The maximum atomic E-state index is 4.91. The summed E-state index contributed by atoms with van der Waals surface area (Å²) in [5.41, 5.74) is 54.4. The van der Waals surface area contributed by atoms with Gasteiger partial charge in [-0.1, -0.05) is 0 Å². The van der Waals surface area contributed by atoms with Crippen LogP contribution in [0.4, 0.5) is 0 Å². The zero-order chi connectivity index (χ0) is 17.6. The van der Waals surface area contributed by atoms with Crippen LogP contribution >= 0.6 is 0 Å². The summed E-state index contributed by atoms with van der Waals surface area (Å²) in [4.78, 5) is 0. The second-order valence-corrected chi connectivity index (χ2v) is 2.89. The number of nitrogens with one attached hydrogen (secondary N) is 22. The molecule has 146 valence electrons. The van der Waals surface area contributed by atoms with Gasteiger partial charge in [-0.3, -0.25) is 5.84 Å². The van der Waals surface area contributed by atoms with Gasteiger partial charge in [0.1, 0.15) is 0 Å². The summed E-state index contributed by atoms with van der Waals surface area (Å²) in [6, 6.07) is 0. The third-order valence-electron chi connectivity index (χ3n) is 1.38. The van der Waals surface area contributed by atoms with E-state index in [1.54, 1.807) is 7.05 Å². The molecule has 0 saturated heterocycles. The number of hydrogen-bond acceptors (Lipinski definition) is 23. The van der Waals surface area contributed by atoms with Crippen LogP contribution in [-0.4, -0.2) is 7.05 Å². The van der Waals surface area contributed by atoms with Crippen molar-refractivity contribution >= 4 is 0 Å². The highest BCUT2D eigenvalue weighted by atomic mass is 16.0. The Morgan fingerprint density at radius 3 is 0.750 bits per heavy atom. The molecule has 0 radical (unpaired) electrons. The molecule has 0 amide bonds. The van der Waals surface area contributed by atoms with Crippen LogP contribution in [0.3, 0.4) is 0 Å². The van der Waals surface area contributed by atoms with Crippen LogP contribution in [0.1, 0.15) is 0 Å². The van der Waals surface area contributed by atoms with Gasteiger partial charge in [-0.05, 0) is 7.05 Å². The molecule has 0 bridgehead atoms. The Hall–Kier alpha value is -0.920. The van der Waals surface area contributed by atoms with Gasteiger partial charge in [0.05, 0.1) is 0 Å². The van der Waals surface area contributed by atoms with E-state index in [0.717, 1.165) is 0 Å². The normalized spacial score (nSPS) is 11.2. The first kappa shape index (κ1) is 23.1. The lowest BCUT2D eigenvalue weighted by molar-refractivity contribution is 0.190. The van der Waals surface area contributed by atoms with Crippen LogP contribution < -0.4 is 127 Å². The highest BCUT2D eigenvalue weighted by molar-refractivity contribution is 4.18. The third-order valence-corrected chi connectivity index (χ3v) is 1.38. The van der Waals surface area contributed by atoms with E-state index < -0.39 is 0 Å². The highest BCUT2D eigenvalue weighted by Gasteiger charge is 1.84. The first-order chi connectivity index (χ1) is 11.9. The molecule has 0 spiro atoms. The van der Waals surface area contributed by atoms with Crippen molar-refractivity contribution in [1.82, 2.24) is 122 Å². The molecule has 0 aliphatic carbocycles. The Kier molecular flexibility index (Phi) is 21.2. The molecule has 0 atom stereocenters. The lowest BCUT2D eigenvalue weighted by Crippen LogP contribution is -2.69. The summed E-state index contributed by atoms with van der Waals surface area (Å²) in [5.74, 6) is 4.91. The Balaban J connectivity index is 2.93. The van der Waals surface area contributed by atoms with Crippen molar-refractivity contribution in [3.05, 3.63) is 0 Å². The molecule has 0 aromatic carbocycles. The second kappa shape index (κ2) is 22.1. The second-order valence-electron chi connectivity index (χ2n) is 2.89. The maximum Gasteiger partial charge on any atom is -0.000111 e. The van der Waals surface area contributed by atoms with Crippen LogP contribution in [0.15, 0.2) is 0 Å². The Bertz CT molecular complexity index is 180. The molecule has 24 N–H and O–H groups in total. The Morgan fingerprint density at radius 2 is 0.542 bits per heavy atom. The topological polar surface area (TPSA) is 291 Å². The molecular weight excluding hydrogens is 334 g/mol. The molecule has 0 rings (SSSR count). The van der Waals surface area contributed by atoms with E-state index in [-0.39, 0.29) is 0 Å². The van der Waals surface area contributed by atoms with E-state index in [4.69, 9.17) is 5.84 Å². The van der Waals surface area contributed by atoms with Gasteiger partial charge in [-0.15, -0.1) is 0 Å². The molecule has 0 unspecified atom stereocenters. The molecule has 0 aliphatic rings. The van der Waals surface area contributed by atoms with E-state index in [1.807, 2.05) is 0 Å². The highest BCUT2D eigenvalue weighted by Crippen LogP contribution is 1.29. The fourth-order valence-corrected chi connectivity index (χ4v) is 0.661. The predicted molar refractivity (Wildman–Crippen MR) is 79.1 cm³/mol. The molecule has 0 aliphatic heterocycles. The average Bonchev–Trinajstić information content (AvgIpc) is 2.60. The summed E-state index contributed by atoms with van der Waals surface area (Å²) in [6.07, 6.45) is 0. The molecule has 0 heterocycles. The van der Waals surface area contributed by atoms with Crippen molar-refractivity contribution in [3.63, 3.8) is 0 Å². The molecule has 0 aromatic heterocycles. The van der Waals surface area contributed by atoms with E-state index >= 15 is 0 Å². The van der Waals surface area contributed by atoms with Gasteiger partial charge in [0.15, 0.2) is 0 Å². The minimum atomic E-state index is 1.70. The van der Waals surface area contributed by atoms with Crippen LogP contribution in [0, 0.1) is 0 Å². The lowest BCUT2D eigenvalue weighted by Gasteiger charge is -2.15. The van der Waals surface area contributed by atoms with Gasteiger partial charge >= 0.3 is 0 Å². The number of hydrazine groups is 22. The average molecular weight is 361 g/mol. The minimum absolute atomic E-state index is 1.70. The van der Waals surface area contributed by atoms with Crippen LogP contribution in [0.25, 0.3) is 0 Å². The first-order valence-corrected chi connectivity index (χ1v) is 6.04. The van der Waals surface area contributed by atoms with E-state index in [1.165, 1.54) is 0 Å². The molecule has 23 nitrogen and oxygen atoms in total. The SMILES string of the molecule is CNNNNNNNNNNNNNNNNNNNNNNN.